The van der Waals surface area contributed by atoms with Crippen molar-refractivity contribution in [3.8, 4) is 5.75 Å². The number of nitrogens with one attached hydrogen (secondary N) is 1. The fraction of sp³-hybridized carbons (Fsp3) is 0.0769. The Bertz CT molecular complexity index is 680. The normalized spacial score (nSPS) is 10.2. The van der Waals surface area contributed by atoms with E-state index in [9.17, 15) is 18.9 Å². The minimum absolute atomic E-state index is 0.140. The van der Waals surface area contributed by atoms with E-state index in [1.165, 1.54) is 18.2 Å². The Kier molecular flexibility index (Phi) is 4.29. The first-order chi connectivity index (χ1) is 10.0. The molecule has 6 nitrogen and oxygen atoms in total. The lowest BCUT2D eigenvalue weighted by atomic mass is 10.2. The van der Waals surface area contributed by atoms with Gasteiger partial charge in [0.05, 0.1) is 4.92 Å². The summed E-state index contributed by atoms with van der Waals surface area (Å²) in [6.07, 6.45) is 0. The van der Waals surface area contributed by atoms with Gasteiger partial charge in [0.25, 0.3) is 5.69 Å². The maximum atomic E-state index is 13.4. The van der Waals surface area contributed by atoms with E-state index in [0.717, 1.165) is 18.2 Å². The molecule has 0 atom stereocenters. The van der Waals surface area contributed by atoms with E-state index in [2.05, 4.69) is 5.43 Å². The number of nitro groups is 1. The highest BCUT2D eigenvalue weighted by atomic mass is 19.1. The van der Waals surface area contributed by atoms with E-state index >= 15 is 0 Å². The molecule has 0 aromatic heterocycles. The van der Waals surface area contributed by atoms with Gasteiger partial charge in [-0.1, -0.05) is 6.07 Å². The molecule has 0 aliphatic carbocycles. The fourth-order valence-electron chi connectivity index (χ4n) is 1.69. The zero-order valence-electron chi connectivity index (χ0n) is 10.7. The van der Waals surface area contributed by atoms with Crippen molar-refractivity contribution < 1.29 is 18.4 Å². The summed E-state index contributed by atoms with van der Waals surface area (Å²) in [5, 5.41) is 10.9. The van der Waals surface area contributed by atoms with E-state index < -0.39 is 16.6 Å². The Morgan fingerprint density at radius 3 is 2.67 bits per heavy atom. The molecule has 0 unspecified atom stereocenters. The van der Waals surface area contributed by atoms with Crippen LogP contribution in [0.5, 0.6) is 5.75 Å². The summed E-state index contributed by atoms with van der Waals surface area (Å²) in [6.45, 7) is -0.147. The summed E-state index contributed by atoms with van der Waals surface area (Å²) in [5.41, 5.74) is 2.52. The van der Waals surface area contributed by atoms with Gasteiger partial charge in [-0.15, -0.1) is 0 Å². The largest absolute Gasteiger partial charge is 0.486 e. The monoisotopic (exact) mass is 295 g/mol. The number of nitrogens with two attached hydrogens (primary N) is 1. The average molecular weight is 295 g/mol. The quantitative estimate of drug-likeness (QED) is 0.503. The summed E-state index contributed by atoms with van der Waals surface area (Å²) in [5.74, 6) is 3.54. The average Bonchev–Trinajstić information content (AvgIpc) is 2.47. The smallest absolute Gasteiger partial charge is 0.294 e. The maximum Gasteiger partial charge on any atom is 0.294 e. The predicted molar refractivity (Wildman–Crippen MR) is 71.6 cm³/mol. The molecule has 3 N–H and O–H groups in total. The van der Waals surface area contributed by atoms with Gasteiger partial charge < -0.3 is 10.2 Å². The number of benzene rings is 2. The van der Waals surface area contributed by atoms with Gasteiger partial charge in [0.15, 0.2) is 11.6 Å². The van der Waals surface area contributed by atoms with Crippen molar-refractivity contribution in [2.24, 2.45) is 5.84 Å². The highest BCUT2D eigenvalue weighted by Gasteiger charge is 2.14. The molecule has 0 radical (unpaired) electrons. The van der Waals surface area contributed by atoms with Crippen LogP contribution in [-0.4, -0.2) is 4.92 Å². The molecule has 2 aromatic rings. The molecule has 0 saturated heterocycles. The number of nitrogens with zero attached hydrogens (tertiary/aromatic N) is 1. The molecular weight excluding hydrogens is 284 g/mol. The Morgan fingerprint density at radius 2 is 2.00 bits per heavy atom. The highest BCUT2D eigenvalue weighted by molar-refractivity contribution is 5.61. The standard InChI is InChI=1S/C13H11F2N3O3/c14-9-2-3-10(15)13(6-9)21-7-8-1-4-11(17-16)12(5-8)18(19)20/h1-6,17H,7,16H2. The van der Waals surface area contributed by atoms with Crippen molar-refractivity contribution in [3.05, 3.63) is 63.7 Å². The number of ether oxygens (including phenoxy) is 1. The molecule has 21 heavy (non-hydrogen) atoms. The SMILES string of the molecule is NNc1ccc(COc2cc(F)ccc2F)cc1[N+](=O)[O-]. The topological polar surface area (TPSA) is 90.4 Å². The van der Waals surface area contributed by atoms with Crippen LogP contribution in [0.1, 0.15) is 5.56 Å². The van der Waals surface area contributed by atoms with Gasteiger partial charge >= 0.3 is 0 Å². The lowest BCUT2D eigenvalue weighted by Gasteiger charge is -2.08. The second kappa shape index (κ2) is 6.14. The van der Waals surface area contributed by atoms with Crippen LogP contribution in [0.3, 0.4) is 0 Å². The second-order valence-electron chi connectivity index (χ2n) is 4.12. The molecule has 110 valence electrons. The third-order valence-electron chi connectivity index (χ3n) is 2.70. The van der Waals surface area contributed by atoms with Gasteiger partial charge in [0, 0.05) is 12.1 Å². The lowest BCUT2D eigenvalue weighted by Crippen LogP contribution is -2.09. The molecule has 0 spiro atoms. The van der Waals surface area contributed by atoms with Gasteiger partial charge in [-0.3, -0.25) is 16.0 Å². The van der Waals surface area contributed by atoms with Gasteiger partial charge in [0.2, 0.25) is 0 Å². The van der Waals surface area contributed by atoms with Crippen LogP contribution in [-0.2, 0) is 6.61 Å². The van der Waals surface area contributed by atoms with E-state index in [1.54, 1.807) is 0 Å². The lowest BCUT2D eigenvalue weighted by molar-refractivity contribution is -0.384. The summed E-state index contributed by atoms with van der Waals surface area (Å²) >= 11 is 0. The van der Waals surface area contributed by atoms with Crippen molar-refractivity contribution in [1.29, 1.82) is 0 Å². The Labute approximate surface area is 118 Å². The molecule has 8 heteroatoms. The first-order valence-electron chi connectivity index (χ1n) is 5.83. The molecule has 0 bridgehead atoms. The van der Waals surface area contributed by atoms with Gasteiger partial charge in [-0.2, -0.15) is 0 Å². The Balaban J connectivity index is 2.18. The van der Waals surface area contributed by atoms with Crippen LogP contribution in [0.25, 0.3) is 0 Å². The van der Waals surface area contributed by atoms with Gasteiger partial charge in [-0.05, 0) is 23.8 Å². The first kappa shape index (κ1) is 14.7. The molecule has 0 heterocycles. The summed E-state index contributed by atoms with van der Waals surface area (Å²) in [4.78, 5) is 10.3. The molecule has 0 amide bonds. The second-order valence-corrected chi connectivity index (χ2v) is 4.12. The van der Waals surface area contributed by atoms with E-state index in [4.69, 9.17) is 10.6 Å². The van der Waals surface area contributed by atoms with Crippen LogP contribution >= 0.6 is 0 Å². The number of hydrazine groups is 1. The minimum Gasteiger partial charge on any atom is -0.486 e. The van der Waals surface area contributed by atoms with Crippen LogP contribution < -0.4 is 16.0 Å². The van der Waals surface area contributed by atoms with Crippen LogP contribution in [0.2, 0.25) is 0 Å². The zero-order chi connectivity index (χ0) is 15.4. The van der Waals surface area contributed by atoms with Crippen LogP contribution in [0.4, 0.5) is 20.2 Å². The Hall–Kier alpha value is -2.74. The summed E-state index contributed by atoms with van der Waals surface area (Å²) < 4.78 is 31.5. The molecular formula is C13H11F2N3O3. The third-order valence-corrected chi connectivity index (χ3v) is 2.70. The van der Waals surface area contributed by atoms with E-state index in [1.807, 2.05) is 0 Å². The number of nitro benzene ring substituents is 1. The number of rotatable bonds is 5. The number of nitrogen functional groups attached to an aromatic ring is 1. The minimum atomic E-state index is -0.717. The van der Waals surface area contributed by atoms with Gasteiger partial charge in [0.1, 0.15) is 18.1 Å². The Morgan fingerprint density at radius 1 is 1.24 bits per heavy atom. The zero-order valence-corrected chi connectivity index (χ0v) is 10.7. The fourth-order valence-corrected chi connectivity index (χ4v) is 1.69. The van der Waals surface area contributed by atoms with Crippen LogP contribution in [0.15, 0.2) is 36.4 Å². The number of halogens is 2. The number of hydrogen-bond acceptors (Lipinski definition) is 5. The first-order valence-corrected chi connectivity index (χ1v) is 5.83. The molecule has 2 rings (SSSR count). The van der Waals surface area contributed by atoms with E-state index in [0.29, 0.717) is 5.56 Å². The predicted octanol–water partition coefficient (Wildman–Crippen LogP) is 2.74. The van der Waals surface area contributed by atoms with Crippen LogP contribution in [0, 0.1) is 21.7 Å². The maximum absolute atomic E-state index is 13.4. The molecule has 0 aliphatic rings. The molecule has 0 saturated carbocycles. The van der Waals surface area contributed by atoms with Crippen molar-refractivity contribution in [3.63, 3.8) is 0 Å². The number of hydrogen-bond donors (Lipinski definition) is 2. The molecule has 0 fully saturated rings. The van der Waals surface area contributed by atoms with Crippen molar-refractivity contribution in [1.82, 2.24) is 0 Å². The van der Waals surface area contributed by atoms with E-state index in [-0.39, 0.29) is 23.7 Å². The third kappa shape index (κ3) is 3.42. The summed E-state index contributed by atoms with van der Waals surface area (Å²) in [7, 11) is 0. The van der Waals surface area contributed by atoms with Crippen molar-refractivity contribution >= 4 is 11.4 Å². The summed E-state index contributed by atoms with van der Waals surface area (Å²) in [6, 6.07) is 6.98. The highest BCUT2D eigenvalue weighted by Crippen LogP contribution is 2.26. The number of anilines is 1. The van der Waals surface area contributed by atoms with Gasteiger partial charge in [-0.25, -0.2) is 8.78 Å². The van der Waals surface area contributed by atoms with Crippen molar-refractivity contribution in [2.45, 2.75) is 6.61 Å². The van der Waals surface area contributed by atoms with Crippen molar-refractivity contribution in [2.75, 3.05) is 5.43 Å². The molecule has 2 aromatic carbocycles. The molecule has 0 aliphatic heterocycles.